The van der Waals surface area contributed by atoms with E-state index in [4.69, 9.17) is 0 Å². The van der Waals surface area contributed by atoms with E-state index in [1.54, 1.807) is 23.7 Å². The number of carbonyl (C=O) groups excluding carboxylic acids is 2. The molecule has 1 atom stereocenters. The molecule has 1 N–H and O–H groups in total. The molecule has 1 aliphatic heterocycles. The lowest BCUT2D eigenvalue weighted by molar-refractivity contribution is -0.136. The zero-order chi connectivity index (χ0) is 9.14. The molecule has 0 saturated carbocycles. The lowest BCUT2D eigenvalue weighted by Crippen LogP contribution is -2.45. The Morgan fingerprint density at radius 1 is 1.58 bits per heavy atom. The molecule has 4 nitrogen and oxygen atoms in total. The summed E-state index contributed by atoms with van der Waals surface area (Å²) in [6, 6.07) is -0.266. The van der Waals surface area contributed by atoms with E-state index in [1.807, 2.05) is 0 Å². The maximum Gasteiger partial charge on any atom is 0.243 e. The van der Waals surface area contributed by atoms with Crippen molar-refractivity contribution in [2.45, 2.75) is 13.0 Å². The normalized spacial score (nSPS) is 22.5. The third-order valence-electron chi connectivity index (χ3n) is 1.84. The van der Waals surface area contributed by atoms with Crippen LogP contribution in [-0.4, -0.2) is 41.4 Å². The fourth-order valence-corrected chi connectivity index (χ4v) is 2.36. The molecule has 0 aromatic carbocycles. The van der Waals surface area contributed by atoms with Gasteiger partial charge in [0.15, 0.2) is 0 Å². The third-order valence-corrected chi connectivity index (χ3v) is 2.85. The summed E-state index contributed by atoms with van der Waals surface area (Å²) in [5.41, 5.74) is 0. The largest absolute Gasteiger partial charge is 0.357 e. The highest BCUT2D eigenvalue weighted by Gasteiger charge is 2.31. The van der Waals surface area contributed by atoms with Crippen molar-refractivity contribution in [2.24, 2.45) is 0 Å². The molecule has 5 heteroatoms. The first-order valence-electron chi connectivity index (χ1n) is 3.73. The third kappa shape index (κ3) is 1.72. The minimum atomic E-state index is -0.266. The summed E-state index contributed by atoms with van der Waals surface area (Å²) >= 11 is 1.61. The van der Waals surface area contributed by atoms with Crippen LogP contribution in [0, 0.1) is 0 Å². The summed E-state index contributed by atoms with van der Waals surface area (Å²) in [5, 5.41) is 2.55. The molecular formula is C7H12N2O2S. The topological polar surface area (TPSA) is 49.4 Å². The Labute approximate surface area is 75.7 Å². The van der Waals surface area contributed by atoms with Gasteiger partial charge in [0.1, 0.15) is 6.04 Å². The van der Waals surface area contributed by atoms with Gasteiger partial charge >= 0.3 is 0 Å². The molecule has 68 valence electrons. The second-order valence-electron chi connectivity index (χ2n) is 2.62. The van der Waals surface area contributed by atoms with E-state index in [-0.39, 0.29) is 17.9 Å². The van der Waals surface area contributed by atoms with Crippen LogP contribution in [0.3, 0.4) is 0 Å². The molecular weight excluding hydrogens is 176 g/mol. The molecule has 12 heavy (non-hydrogen) atoms. The van der Waals surface area contributed by atoms with E-state index in [1.165, 1.54) is 6.92 Å². The zero-order valence-corrected chi connectivity index (χ0v) is 7.98. The molecule has 0 aliphatic carbocycles. The molecule has 1 fully saturated rings. The molecule has 0 radical (unpaired) electrons. The van der Waals surface area contributed by atoms with Gasteiger partial charge in [-0.25, -0.2) is 0 Å². The Balaban J connectivity index is 2.63. The first-order chi connectivity index (χ1) is 5.66. The SMILES string of the molecule is CNC(=O)[C@@H]1CSCN1C(C)=O. The van der Waals surface area contributed by atoms with Gasteiger partial charge in [-0.05, 0) is 0 Å². The highest BCUT2D eigenvalue weighted by molar-refractivity contribution is 7.99. The minimum absolute atomic E-state index is 0.0337. The van der Waals surface area contributed by atoms with Crippen LogP contribution in [0.1, 0.15) is 6.92 Å². The number of hydrogen-bond donors (Lipinski definition) is 1. The summed E-state index contributed by atoms with van der Waals surface area (Å²) in [5.74, 6) is 1.23. The van der Waals surface area contributed by atoms with Crippen molar-refractivity contribution in [3.05, 3.63) is 0 Å². The van der Waals surface area contributed by atoms with E-state index in [0.29, 0.717) is 11.6 Å². The summed E-state index contributed by atoms with van der Waals surface area (Å²) in [6.07, 6.45) is 0. The standard InChI is InChI=1S/C7H12N2O2S/c1-5(10)9-4-12-3-6(9)7(11)8-2/h6H,3-4H2,1-2H3,(H,8,11)/t6-/m0/s1. The summed E-state index contributed by atoms with van der Waals surface area (Å²) in [6.45, 7) is 1.49. The van der Waals surface area contributed by atoms with Crippen LogP contribution in [0.2, 0.25) is 0 Å². The van der Waals surface area contributed by atoms with Gasteiger partial charge in [0.2, 0.25) is 11.8 Å². The van der Waals surface area contributed by atoms with Crippen LogP contribution in [0.5, 0.6) is 0 Å². The molecule has 1 heterocycles. The van der Waals surface area contributed by atoms with Crippen molar-refractivity contribution in [3.63, 3.8) is 0 Å². The number of nitrogens with zero attached hydrogens (tertiary/aromatic N) is 1. The number of hydrogen-bond acceptors (Lipinski definition) is 3. The second-order valence-corrected chi connectivity index (χ2v) is 3.62. The predicted molar refractivity (Wildman–Crippen MR) is 47.7 cm³/mol. The quantitative estimate of drug-likeness (QED) is 0.612. The Morgan fingerprint density at radius 3 is 2.75 bits per heavy atom. The Bertz CT molecular complexity index is 208. The van der Waals surface area contributed by atoms with Crippen LogP contribution < -0.4 is 5.32 Å². The second kappa shape index (κ2) is 3.80. The van der Waals surface area contributed by atoms with E-state index in [9.17, 15) is 9.59 Å². The minimum Gasteiger partial charge on any atom is -0.357 e. The predicted octanol–water partition coefficient (Wildman–Crippen LogP) is -0.346. The molecule has 0 aromatic heterocycles. The monoisotopic (exact) mass is 188 g/mol. The molecule has 0 unspecified atom stereocenters. The smallest absolute Gasteiger partial charge is 0.243 e. The van der Waals surface area contributed by atoms with Gasteiger partial charge < -0.3 is 10.2 Å². The number of thioether (sulfide) groups is 1. The first kappa shape index (κ1) is 9.38. The van der Waals surface area contributed by atoms with E-state index >= 15 is 0 Å². The van der Waals surface area contributed by atoms with Crippen LogP contribution >= 0.6 is 11.8 Å². The first-order valence-corrected chi connectivity index (χ1v) is 4.89. The molecule has 0 spiro atoms. The number of rotatable bonds is 1. The van der Waals surface area contributed by atoms with Gasteiger partial charge in [0.05, 0.1) is 5.88 Å². The fraction of sp³-hybridized carbons (Fsp3) is 0.714. The summed E-state index contributed by atoms with van der Waals surface area (Å²) < 4.78 is 0. The average Bonchev–Trinajstić information content (AvgIpc) is 2.50. The Kier molecular flexibility index (Phi) is 2.97. The van der Waals surface area contributed by atoms with Gasteiger partial charge in [-0.2, -0.15) is 0 Å². The van der Waals surface area contributed by atoms with E-state index in [0.717, 1.165) is 0 Å². The Hall–Kier alpha value is -0.710. The molecule has 0 bridgehead atoms. The van der Waals surface area contributed by atoms with Gasteiger partial charge in [0, 0.05) is 19.7 Å². The molecule has 2 amide bonds. The van der Waals surface area contributed by atoms with Gasteiger partial charge in [-0.3, -0.25) is 9.59 Å². The van der Waals surface area contributed by atoms with Crippen LogP contribution in [0.25, 0.3) is 0 Å². The van der Waals surface area contributed by atoms with Gasteiger partial charge in [-0.15, -0.1) is 11.8 Å². The summed E-state index contributed by atoms with van der Waals surface area (Å²) in [4.78, 5) is 23.8. The van der Waals surface area contributed by atoms with Crippen molar-refractivity contribution in [2.75, 3.05) is 18.7 Å². The molecule has 1 rings (SSSR count). The van der Waals surface area contributed by atoms with Gasteiger partial charge in [-0.1, -0.05) is 0 Å². The maximum atomic E-state index is 11.2. The van der Waals surface area contributed by atoms with Crippen molar-refractivity contribution < 1.29 is 9.59 Å². The number of carbonyl (C=O) groups is 2. The molecule has 0 aromatic rings. The maximum absolute atomic E-state index is 11.2. The zero-order valence-electron chi connectivity index (χ0n) is 7.16. The van der Waals surface area contributed by atoms with Crippen LogP contribution in [0.15, 0.2) is 0 Å². The highest BCUT2D eigenvalue weighted by Crippen LogP contribution is 2.20. The number of likely N-dealkylation sites (N-methyl/N-ethyl adjacent to an activating group) is 1. The lowest BCUT2D eigenvalue weighted by atomic mass is 10.3. The van der Waals surface area contributed by atoms with Gasteiger partial charge in [0.25, 0.3) is 0 Å². The molecule has 1 aliphatic rings. The van der Waals surface area contributed by atoms with Crippen molar-refractivity contribution in [1.29, 1.82) is 0 Å². The number of nitrogens with one attached hydrogen (secondary N) is 1. The number of amides is 2. The summed E-state index contributed by atoms with van der Waals surface area (Å²) in [7, 11) is 1.59. The van der Waals surface area contributed by atoms with E-state index in [2.05, 4.69) is 5.32 Å². The van der Waals surface area contributed by atoms with Crippen LogP contribution in [-0.2, 0) is 9.59 Å². The lowest BCUT2D eigenvalue weighted by Gasteiger charge is -2.20. The molecule has 1 saturated heterocycles. The van der Waals surface area contributed by atoms with Crippen LogP contribution in [0.4, 0.5) is 0 Å². The fourth-order valence-electron chi connectivity index (χ4n) is 1.14. The highest BCUT2D eigenvalue weighted by atomic mass is 32.2. The van der Waals surface area contributed by atoms with Crippen molar-refractivity contribution in [1.82, 2.24) is 10.2 Å². The van der Waals surface area contributed by atoms with E-state index < -0.39 is 0 Å². The Morgan fingerprint density at radius 2 is 2.25 bits per heavy atom. The van der Waals surface area contributed by atoms with Crippen molar-refractivity contribution >= 4 is 23.6 Å². The van der Waals surface area contributed by atoms with Crippen molar-refractivity contribution in [3.8, 4) is 0 Å². The average molecular weight is 188 g/mol.